The van der Waals surface area contributed by atoms with Gasteiger partial charge >= 0.3 is 0 Å². The molecule has 0 unspecified atom stereocenters. The highest BCUT2D eigenvalue weighted by molar-refractivity contribution is 5.77. The highest BCUT2D eigenvalue weighted by Crippen LogP contribution is 2.27. The topological polar surface area (TPSA) is 23.6 Å². The van der Waals surface area contributed by atoms with Gasteiger partial charge in [0.05, 0.1) is 6.67 Å². The van der Waals surface area contributed by atoms with Crippen molar-refractivity contribution in [2.45, 2.75) is 58.5 Å². The molecule has 150 valence electrons. The van der Waals surface area contributed by atoms with E-state index in [0.29, 0.717) is 24.3 Å². The SMILES string of the molecule is CCCC[C@H](C)[C@@H]1CC(=O)N(CCc2ccccc2)CN1Cc1ccccc1. The first-order valence-corrected chi connectivity index (χ1v) is 10.8. The Hall–Kier alpha value is -2.13. The van der Waals surface area contributed by atoms with E-state index in [0.717, 1.165) is 26.2 Å². The third-order valence-corrected chi connectivity index (χ3v) is 5.97. The molecule has 3 heteroatoms. The minimum absolute atomic E-state index is 0.314. The molecule has 3 rings (SSSR count). The van der Waals surface area contributed by atoms with Gasteiger partial charge in [-0.3, -0.25) is 9.69 Å². The number of amides is 1. The van der Waals surface area contributed by atoms with Crippen LogP contribution in [0.25, 0.3) is 0 Å². The van der Waals surface area contributed by atoms with Crippen molar-refractivity contribution in [3.8, 4) is 0 Å². The average Bonchev–Trinajstić information content (AvgIpc) is 2.73. The van der Waals surface area contributed by atoms with Crippen LogP contribution in [-0.4, -0.2) is 35.0 Å². The van der Waals surface area contributed by atoms with E-state index >= 15 is 0 Å². The first kappa shape index (κ1) is 20.6. The summed E-state index contributed by atoms with van der Waals surface area (Å²) in [5, 5.41) is 0. The maximum absolute atomic E-state index is 12.9. The minimum atomic E-state index is 0.314. The lowest BCUT2D eigenvalue weighted by atomic mass is 9.90. The Morgan fingerprint density at radius 1 is 1.00 bits per heavy atom. The summed E-state index contributed by atoms with van der Waals surface area (Å²) in [7, 11) is 0. The van der Waals surface area contributed by atoms with Crippen molar-refractivity contribution in [2.24, 2.45) is 5.92 Å². The number of rotatable bonds is 9. The first-order valence-electron chi connectivity index (χ1n) is 10.8. The number of benzene rings is 2. The Bertz CT molecular complexity index is 716. The Labute approximate surface area is 170 Å². The third-order valence-electron chi connectivity index (χ3n) is 5.97. The second-order valence-corrected chi connectivity index (χ2v) is 8.16. The highest BCUT2D eigenvalue weighted by atomic mass is 16.2. The smallest absolute Gasteiger partial charge is 0.225 e. The molecule has 1 fully saturated rings. The number of hydrogen-bond acceptors (Lipinski definition) is 2. The van der Waals surface area contributed by atoms with E-state index in [1.54, 1.807) is 0 Å². The monoisotopic (exact) mass is 378 g/mol. The number of unbranched alkanes of at least 4 members (excludes halogenated alkanes) is 1. The van der Waals surface area contributed by atoms with Gasteiger partial charge in [-0.25, -0.2) is 0 Å². The Morgan fingerprint density at radius 3 is 2.29 bits per heavy atom. The van der Waals surface area contributed by atoms with Crippen molar-refractivity contribution in [1.29, 1.82) is 0 Å². The number of hydrogen-bond donors (Lipinski definition) is 0. The van der Waals surface area contributed by atoms with Gasteiger partial charge in [-0.15, -0.1) is 0 Å². The zero-order valence-corrected chi connectivity index (χ0v) is 17.4. The molecule has 3 nitrogen and oxygen atoms in total. The van der Waals surface area contributed by atoms with Crippen LogP contribution in [0.5, 0.6) is 0 Å². The molecular weight excluding hydrogens is 344 g/mol. The summed E-state index contributed by atoms with van der Waals surface area (Å²) in [5.41, 5.74) is 2.62. The summed E-state index contributed by atoms with van der Waals surface area (Å²) in [6.07, 6.45) is 5.22. The lowest BCUT2D eigenvalue weighted by Crippen LogP contribution is -2.55. The van der Waals surface area contributed by atoms with Crippen LogP contribution in [-0.2, 0) is 17.8 Å². The van der Waals surface area contributed by atoms with E-state index in [4.69, 9.17) is 0 Å². The molecule has 0 aromatic heterocycles. The normalized spacial score (nSPS) is 19.0. The van der Waals surface area contributed by atoms with Crippen LogP contribution in [0, 0.1) is 5.92 Å². The van der Waals surface area contributed by atoms with Crippen LogP contribution >= 0.6 is 0 Å². The van der Waals surface area contributed by atoms with Crippen molar-refractivity contribution < 1.29 is 4.79 Å². The molecule has 2 aromatic carbocycles. The molecule has 0 radical (unpaired) electrons. The predicted octanol–water partition coefficient (Wildman–Crippen LogP) is 5.12. The molecule has 1 aliphatic rings. The summed E-state index contributed by atoms with van der Waals surface area (Å²) in [5.74, 6) is 0.859. The molecule has 1 aliphatic heterocycles. The van der Waals surface area contributed by atoms with Gasteiger partial charge < -0.3 is 4.90 Å². The second-order valence-electron chi connectivity index (χ2n) is 8.16. The van der Waals surface area contributed by atoms with E-state index in [1.807, 2.05) is 6.07 Å². The third kappa shape index (κ3) is 5.68. The fourth-order valence-corrected chi connectivity index (χ4v) is 4.21. The summed E-state index contributed by atoms with van der Waals surface area (Å²) in [6, 6.07) is 21.5. The molecule has 1 heterocycles. The molecule has 2 aromatic rings. The quantitative estimate of drug-likeness (QED) is 0.605. The van der Waals surface area contributed by atoms with Gasteiger partial charge in [0.1, 0.15) is 0 Å². The van der Waals surface area contributed by atoms with E-state index in [-0.39, 0.29) is 0 Å². The van der Waals surface area contributed by atoms with Crippen LogP contribution in [0.15, 0.2) is 60.7 Å². The van der Waals surface area contributed by atoms with Crippen LogP contribution < -0.4 is 0 Å². The fourth-order valence-electron chi connectivity index (χ4n) is 4.21. The Morgan fingerprint density at radius 2 is 1.64 bits per heavy atom. The van der Waals surface area contributed by atoms with Gasteiger partial charge in [0.25, 0.3) is 0 Å². The van der Waals surface area contributed by atoms with Gasteiger partial charge in [-0.1, -0.05) is 87.4 Å². The number of carbonyl (C=O) groups excluding carboxylic acids is 1. The maximum Gasteiger partial charge on any atom is 0.225 e. The van der Waals surface area contributed by atoms with Gasteiger partial charge in [0, 0.05) is 25.6 Å². The van der Waals surface area contributed by atoms with E-state index < -0.39 is 0 Å². The molecule has 0 N–H and O–H groups in total. The number of nitrogens with zero attached hydrogens (tertiary/aromatic N) is 2. The lowest BCUT2D eigenvalue weighted by Gasteiger charge is -2.44. The predicted molar refractivity (Wildman–Crippen MR) is 116 cm³/mol. The summed E-state index contributed by atoms with van der Waals surface area (Å²) in [6.45, 7) is 7.01. The molecule has 0 saturated carbocycles. The second kappa shape index (κ2) is 10.4. The number of carbonyl (C=O) groups is 1. The molecule has 1 saturated heterocycles. The highest BCUT2D eigenvalue weighted by Gasteiger charge is 2.34. The van der Waals surface area contributed by atoms with Crippen LogP contribution in [0.3, 0.4) is 0 Å². The van der Waals surface area contributed by atoms with E-state index in [9.17, 15) is 4.79 Å². The molecule has 2 atom stereocenters. The minimum Gasteiger partial charge on any atom is -0.329 e. The van der Waals surface area contributed by atoms with Gasteiger partial charge in [-0.05, 0) is 29.9 Å². The Balaban J connectivity index is 1.69. The summed E-state index contributed by atoms with van der Waals surface area (Å²) in [4.78, 5) is 17.5. The van der Waals surface area contributed by atoms with Crippen molar-refractivity contribution in [3.63, 3.8) is 0 Å². The molecule has 0 bridgehead atoms. The van der Waals surface area contributed by atoms with Gasteiger partial charge in [-0.2, -0.15) is 0 Å². The lowest BCUT2D eigenvalue weighted by molar-refractivity contribution is -0.142. The van der Waals surface area contributed by atoms with Gasteiger partial charge in [0.2, 0.25) is 5.91 Å². The van der Waals surface area contributed by atoms with Crippen LogP contribution in [0.4, 0.5) is 0 Å². The van der Waals surface area contributed by atoms with Crippen molar-refractivity contribution in [3.05, 3.63) is 71.8 Å². The Kier molecular flexibility index (Phi) is 7.67. The average molecular weight is 379 g/mol. The van der Waals surface area contributed by atoms with Crippen molar-refractivity contribution >= 4 is 5.91 Å². The zero-order valence-electron chi connectivity index (χ0n) is 17.4. The van der Waals surface area contributed by atoms with E-state index in [1.165, 1.54) is 30.4 Å². The largest absolute Gasteiger partial charge is 0.329 e. The summed E-state index contributed by atoms with van der Waals surface area (Å²) >= 11 is 0. The molecule has 0 spiro atoms. The zero-order chi connectivity index (χ0) is 19.8. The van der Waals surface area contributed by atoms with Crippen LogP contribution in [0.1, 0.15) is 50.7 Å². The maximum atomic E-state index is 12.9. The van der Waals surface area contributed by atoms with Crippen molar-refractivity contribution in [2.75, 3.05) is 13.2 Å². The molecule has 1 amide bonds. The first-order chi connectivity index (χ1) is 13.7. The molecular formula is C25H34N2O. The van der Waals surface area contributed by atoms with Crippen molar-refractivity contribution in [1.82, 2.24) is 9.80 Å². The molecule has 0 aliphatic carbocycles. The molecule has 28 heavy (non-hydrogen) atoms. The van der Waals surface area contributed by atoms with E-state index in [2.05, 4.69) is 78.2 Å². The fraction of sp³-hybridized carbons (Fsp3) is 0.480. The summed E-state index contributed by atoms with van der Waals surface area (Å²) < 4.78 is 0. The van der Waals surface area contributed by atoms with Crippen LogP contribution in [0.2, 0.25) is 0 Å². The van der Waals surface area contributed by atoms with Gasteiger partial charge in [0.15, 0.2) is 0 Å². The standard InChI is InChI=1S/C25H34N2O/c1-3-4-11-21(2)24-18-25(28)26(17-16-22-12-7-5-8-13-22)20-27(24)19-23-14-9-6-10-15-23/h5-10,12-15,21,24H,3-4,11,16-20H2,1-2H3/t21-,24-/m0/s1.